The number of hydrogen-bond donors (Lipinski definition) is 2. The number of guanidine groups is 1. The van der Waals surface area contributed by atoms with Gasteiger partial charge in [-0.3, -0.25) is 4.98 Å². The number of pyridine rings is 1. The molecular formula is C17H19N5O. The number of benzene rings is 1. The summed E-state index contributed by atoms with van der Waals surface area (Å²) < 4.78 is 5.83. The Kier molecular flexibility index (Phi) is 4.52. The maximum atomic E-state index is 5.83. The molecule has 1 aromatic carbocycles. The maximum Gasteiger partial charge on any atom is 0.211 e. The lowest BCUT2D eigenvalue weighted by Crippen LogP contribution is -2.22. The van der Waals surface area contributed by atoms with Crippen molar-refractivity contribution in [1.29, 1.82) is 0 Å². The molecule has 6 nitrogen and oxygen atoms in total. The molecule has 6 heteroatoms. The molecule has 0 saturated heterocycles. The second kappa shape index (κ2) is 6.91. The van der Waals surface area contributed by atoms with Crippen LogP contribution in [0.1, 0.15) is 29.7 Å². The highest BCUT2D eigenvalue weighted by Crippen LogP contribution is 2.26. The summed E-state index contributed by atoms with van der Waals surface area (Å²) in [6.07, 6.45) is 4.68. The minimum atomic E-state index is -0.0350. The van der Waals surface area contributed by atoms with Crippen LogP contribution in [0.2, 0.25) is 0 Å². The molecule has 3 rings (SSSR count). The first kappa shape index (κ1) is 15.0. The van der Waals surface area contributed by atoms with Crippen LogP contribution in [0.5, 0.6) is 5.75 Å². The van der Waals surface area contributed by atoms with Gasteiger partial charge in [-0.2, -0.15) is 5.10 Å². The molecule has 1 heterocycles. The van der Waals surface area contributed by atoms with Crippen LogP contribution in [0.4, 0.5) is 0 Å². The quantitative estimate of drug-likeness (QED) is 0.512. The molecule has 0 atom stereocenters. The van der Waals surface area contributed by atoms with Crippen molar-refractivity contribution in [2.24, 2.45) is 21.7 Å². The van der Waals surface area contributed by atoms with E-state index in [1.807, 2.05) is 30.3 Å². The summed E-state index contributed by atoms with van der Waals surface area (Å²) in [7, 11) is 0. The Morgan fingerprint density at radius 3 is 2.87 bits per heavy atom. The highest BCUT2D eigenvalue weighted by molar-refractivity contribution is 6.03. The lowest BCUT2D eigenvalue weighted by molar-refractivity contribution is 0.301. The van der Waals surface area contributed by atoms with Crippen LogP contribution in [0.25, 0.3) is 0 Å². The lowest BCUT2D eigenvalue weighted by atomic mass is 9.90. The van der Waals surface area contributed by atoms with Crippen molar-refractivity contribution in [2.45, 2.75) is 25.9 Å². The molecule has 0 radical (unpaired) electrons. The van der Waals surface area contributed by atoms with E-state index in [1.165, 1.54) is 5.56 Å². The fourth-order valence-corrected chi connectivity index (χ4v) is 2.58. The predicted octanol–water partition coefficient (Wildman–Crippen LogP) is 1.97. The van der Waals surface area contributed by atoms with E-state index in [4.69, 9.17) is 16.2 Å². The fourth-order valence-electron chi connectivity index (χ4n) is 2.58. The topological polar surface area (TPSA) is 98.9 Å². The highest BCUT2D eigenvalue weighted by atomic mass is 16.5. The molecule has 0 spiro atoms. The van der Waals surface area contributed by atoms with Gasteiger partial charge in [0.25, 0.3) is 0 Å². The largest absolute Gasteiger partial charge is 0.487 e. The fraction of sp³-hybridized carbons (Fsp3) is 0.235. The van der Waals surface area contributed by atoms with Gasteiger partial charge in [0.05, 0.1) is 11.4 Å². The number of ether oxygens (including phenoxy) is 1. The van der Waals surface area contributed by atoms with Crippen LogP contribution in [-0.4, -0.2) is 16.7 Å². The Bertz CT molecular complexity index is 736. The van der Waals surface area contributed by atoms with E-state index in [-0.39, 0.29) is 5.96 Å². The van der Waals surface area contributed by atoms with Crippen molar-refractivity contribution < 1.29 is 4.74 Å². The van der Waals surface area contributed by atoms with Gasteiger partial charge in [-0.05, 0) is 49.1 Å². The van der Waals surface area contributed by atoms with Gasteiger partial charge in [0, 0.05) is 11.8 Å². The Morgan fingerprint density at radius 1 is 1.17 bits per heavy atom. The standard InChI is InChI=1S/C17H19N5O/c18-17(19)22-21-16-6-3-4-12-7-8-14(10-15(12)16)23-11-13-5-1-2-9-20-13/h1-2,5,7-10H,3-4,6,11H2,(H4,18,19,22)/b21-16+. The summed E-state index contributed by atoms with van der Waals surface area (Å²) >= 11 is 0. The number of hydrogen-bond acceptors (Lipinski definition) is 4. The van der Waals surface area contributed by atoms with Gasteiger partial charge < -0.3 is 16.2 Å². The molecule has 0 unspecified atom stereocenters. The maximum absolute atomic E-state index is 5.83. The van der Waals surface area contributed by atoms with Crippen molar-refractivity contribution in [3.8, 4) is 5.75 Å². The molecule has 2 aromatic rings. The minimum Gasteiger partial charge on any atom is -0.487 e. The zero-order valence-corrected chi connectivity index (χ0v) is 12.8. The second-order valence-electron chi connectivity index (χ2n) is 5.35. The molecule has 23 heavy (non-hydrogen) atoms. The van der Waals surface area contributed by atoms with Gasteiger partial charge in [-0.1, -0.05) is 12.1 Å². The lowest BCUT2D eigenvalue weighted by Gasteiger charge is -2.18. The monoisotopic (exact) mass is 309 g/mol. The van der Waals surface area contributed by atoms with E-state index in [9.17, 15) is 0 Å². The van der Waals surface area contributed by atoms with E-state index in [0.29, 0.717) is 6.61 Å². The number of nitrogens with two attached hydrogens (primary N) is 2. The van der Waals surface area contributed by atoms with Crippen molar-refractivity contribution >= 4 is 11.7 Å². The molecule has 4 N–H and O–H groups in total. The van der Waals surface area contributed by atoms with Crippen LogP contribution in [-0.2, 0) is 13.0 Å². The van der Waals surface area contributed by atoms with Crippen LogP contribution < -0.4 is 16.2 Å². The minimum absolute atomic E-state index is 0.0350. The second-order valence-corrected chi connectivity index (χ2v) is 5.35. The molecule has 0 fully saturated rings. The van der Waals surface area contributed by atoms with Gasteiger partial charge in [-0.15, -0.1) is 5.10 Å². The first-order valence-electron chi connectivity index (χ1n) is 7.54. The van der Waals surface area contributed by atoms with E-state index in [0.717, 1.165) is 42.0 Å². The number of aryl methyl sites for hydroxylation is 1. The summed E-state index contributed by atoms with van der Waals surface area (Å²) in [5.41, 5.74) is 14.8. The summed E-state index contributed by atoms with van der Waals surface area (Å²) in [6.45, 7) is 0.431. The van der Waals surface area contributed by atoms with Crippen LogP contribution >= 0.6 is 0 Å². The van der Waals surface area contributed by atoms with Crippen LogP contribution in [0, 0.1) is 0 Å². The van der Waals surface area contributed by atoms with E-state index in [1.54, 1.807) is 6.20 Å². The van der Waals surface area contributed by atoms with Crippen molar-refractivity contribution in [1.82, 2.24) is 4.98 Å². The third-order valence-corrected chi connectivity index (χ3v) is 3.65. The predicted molar refractivity (Wildman–Crippen MR) is 90.3 cm³/mol. The molecular weight excluding hydrogens is 290 g/mol. The SMILES string of the molecule is NC(N)=N/N=C1\CCCc2ccc(OCc3ccccn3)cc21. The third-order valence-electron chi connectivity index (χ3n) is 3.65. The smallest absolute Gasteiger partial charge is 0.211 e. The van der Waals surface area contributed by atoms with Gasteiger partial charge in [-0.25, -0.2) is 0 Å². The van der Waals surface area contributed by atoms with E-state index < -0.39 is 0 Å². The van der Waals surface area contributed by atoms with Crippen molar-refractivity contribution in [3.63, 3.8) is 0 Å². The number of nitrogens with zero attached hydrogens (tertiary/aromatic N) is 3. The third kappa shape index (κ3) is 3.85. The molecule has 1 aromatic heterocycles. The Morgan fingerprint density at radius 2 is 2.09 bits per heavy atom. The highest BCUT2D eigenvalue weighted by Gasteiger charge is 2.16. The molecule has 1 aliphatic rings. The molecule has 1 aliphatic carbocycles. The van der Waals surface area contributed by atoms with Crippen molar-refractivity contribution in [3.05, 3.63) is 59.4 Å². The van der Waals surface area contributed by atoms with Crippen LogP contribution in [0.3, 0.4) is 0 Å². The van der Waals surface area contributed by atoms with Gasteiger partial charge in [0.15, 0.2) is 0 Å². The molecule has 0 bridgehead atoms. The summed E-state index contributed by atoms with van der Waals surface area (Å²) in [5.74, 6) is 0.751. The first-order chi connectivity index (χ1) is 11.2. The Hall–Kier alpha value is -2.89. The molecule has 0 amide bonds. The number of rotatable bonds is 4. The van der Waals surface area contributed by atoms with Gasteiger partial charge >= 0.3 is 0 Å². The van der Waals surface area contributed by atoms with E-state index >= 15 is 0 Å². The zero-order valence-electron chi connectivity index (χ0n) is 12.8. The average Bonchev–Trinajstić information content (AvgIpc) is 2.59. The molecule has 0 saturated carbocycles. The molecule has 0 aliphatic heterocycles. The van der Waals surface area contributed by atoms with Crippen molar-refractivity contribution in [2.75, 3.05) is 0 Å². The molecule has 118 valence electrons. The zero-order chi connectivity index (χ0) is 16.1. The normalized spacial score (nSPS) is 15.0. The van der Waals surface area contributed by atoms with Crippen LogP contribution in [0.15, 0.2) is 52.8 Å². The summed E-state index contributed by atoms with van der Waals surface area (Å²) in [5, 5.41) is 7.95. The number of aromatic nitrogens is 1. The van der Waals surface area contributed by atoms with Gasteiger partial charge in [0.2, 0.25) is 5.96 Å². The summed E-state index contributed by atoms with van der Waals surface area (Å²) in [4.78, 5) is 4.25. The first-order valence-corrected chi connectivity index (χ1v) is 7.54. The Balaban J connectivity index is 1.81. The Labute approximate surface area is 134 Å². The van der Waals surface area contributed by atoms with Gasteiger partial charge in [0.1, 0.15) is 12.4 Å². The average molecular weight is 309 g/mol. The van der Waals surface area contributed by atoms with E-state index in [2.05, 4.69) is 21.3 Å². The summed E-state index contributed by atoms with van der Waals surface area (Å²) in [6, 6.07) is 11.8. The number of fused-ring (bicyclic) bond motifs is 1.